The maximum Gasteiger partial charge on any atom is 0.234 e. The van der Waals surface area contributed by atoms with E-state index in [1.807, 2.05) is 0 Å². The van der Waals surface area contributed by atoms with Crippen LogP contribution in [0.2, 0.25) is 0 Å². The van der Waals surface area contributed by atoms with Gasteiger partial charge in [0.25, 0.3) is 0 Å². The molecule has 0 unspecified atom stereocenters. The topological polar surface area (TPSA) is 38.2 Å². The smallest absolute Gasteiger partial charge is 0.234 e. The van der Waals surface area contributed by atoms with Crippen LogP contribution in [0.5, 0.6) is 5.88 Å². The maximum atomic E-state index is 5.83. The van der Waals surface area contributed by atoms with Crippen LogP contribution >= 0.6 is 11.6 Å². The number of halogens is 1. The van der Waals surface area contributed by atoms with Gasteiger partial charge in [0.05, 0.1) is 19.0 Å². The van der Waals surface area contributed by atoms with E-state index in [0.717, 1.165) is 38.2 Å². The number of aromatic nitrogens is 2. The third-order valence-electron chi connectivity index (χ3n) is 2.51. The van der Waals surface area contributed by atoms with Crippen LogP contribution < -0.4 is 9.64 Å². The van der Waals surface area contributed by atoms with Gasteiger partial charge in [-0.05, 0) is 12.8 Å². The maximum absolute atomic E-state index is 5.83. The van der Waals surface area contributed by atoms with Crippen LogP contribution in [0.4, 0.5) is 5.82 Å². The van der Waals surface area contributed by atoms with Crippen LogP contribution in [0, 0.1) is 0 Å². The Morgan fingerprint density at radius 1 is 1.22 bits per heavy atom. The van der Waals surface area contributed by atoms with Gasteiger partial charge in [-0.2, -0.15) is 4.98 Å². The summed E-state index contributed by atoms with van der Waals surface area (Å²) in [6, 6.07) is 0. The molecule has 1 heterocycles. The summed E-state index contributed by atoms with van der Waals surface area (Å²) in [4.78, 5) is 10.8. The van der Waals surface area contributed by atoms with Crippen LogP contribution in [0.15, 0.2) is 12.4 Å². The van der Waals surface area contributed by atoms with Gasteiger partial charge in [0.2, 0.25) is 5.88 Å². The van der Waals surface area contributed by atoms with Crippen molar-refractivity contribution in [2.24, 2.45) is 0 Å². The highest BCUT2D eigenvalue weighted by atomic mass is 35.5. The van der Waals surface area contributed by atoms with Gasteiger partial charge in [0, 0.05) is 19.0 Å². The Labute approximate surface area is 114 Å². The zero-order valence-corrected chi connectivity index (χ0v) is 12.0. The molecule has 0 atom stereocenters. The summed E-state index contributed by atoms with van der Waals surface area (Å²) < 4.78 is 5.50. The van der Waals surface area contributed by atoms with E-state index in [9.17, 15) is 0 Å². The molecule has 0 spiro atoms. The molecule has 102 valence electrons. The van der Waals surface area contributed by atoms with Crippen LogP contribution in [0.25, 0.3) is 0 Å². The number of hydrogen-bond donors (Lipinski definition) is 0. The first-order chi connectivity index (χ1) is 8.81. The number of hydrogen-bond acceptors (Lipinski definition) is 4. The number of anilines is 1. The molecule has 1 aromatic heterocycles. The third-order valence-corrected chi connectivity index (χ3v) is 2.68. The molecule has 0 aliphatic carbocycles. The summed E-state index contributed by atoms with van der Waals surface area (Å²) in [6.45, 7) is 6.65. The number of rotatable bonds is 9. The Kier molecular flexibility index (Phi) is 7.49. The van der Waals surface area contributed by atoms with Gasteiger partial charge in [-0.1, -0.05) is 20.3 Å². The Balaban J connectivity index is 2.70. The van der Waals surface area contributed by atoms with E-state index in [1.165, 1.54) is 0 Å². The number of ether oxygens (including phenoxy) is 1. The zero-order valence-electron chi connectivity index (χ0n) is 11.2. The standard InChI is InChI=1S/C13H22ClN3O/c1-3-5-7-17(8-6-14)12-10-15-11-13(16-12)18-9-4-2/h10-11H,3-9H2,1-2H3. The van der Waals surface area contributed by atoms with Crippen LogP contribution in [-0.2, 0) is 0 Å². The van der Waals surface area contributed by atoms with Crippen molar-refractivity contribution < 1.29 is 4.74 Å². The molecule has 1 rings (SSSR count). The molecule has 0 saturated heterocycles. The SMILES string of the molecule is CCCCN(CCCl)c1cncc(OCCC)n1. The number of unbranched alkanes of at least 4 members (excludes halogenated alkanes) is 1. The van der Waals surface area contributed by atoms with Crippen molar-refractivity contribution >= 4 is 17.4 Å². The normalized spacial score (nSPS) is 10.4. The fourth-order valence-corrected chi connectivity index (χ4v) is 1.76. The van der Waals surface area contributed by atoms with Gasteiger partial charge >= 0.3 is 0 Å². The average molecular weight is 272 g/mol. The Morgan fingerprint density at radius 3 is 2.72 bits per heavy atom. The molecule has 0 aromatic carbocycles. The summed E-state index contributed by atoms with van der Waals surface area (Å²) in [6.07, 6.45) is 6.66. The van der Waals surface area contributed by atoms with E-state index < -0.39 is 0 Å². The highest BCUT2D eigenvalue weighted by Crippen LogP contribution is 2.15. The minimum absolute atomic E-state index is 0.588. The lowest BCUT2D eigenvalue weighted by Gasteiger charge is -2.22. The summed E-state index contributed by atoms with van der Waals surface area (Å²) in [5.41, 5.74) is 0. The van der Waals surface area contributed by atoms with Crippen molar-refractivity contribution in [2.45, 2.75) is 33.1 Å². The van der Waals surface area contributed by atoms with E-state index in [-0.39, 0.29) is 0 Å². The first kappa shape index (κ1) is 15.0. The molecule has 0 aliphatic rings. The average Bonchev–Trinajstić information content (AvgIpc) is 2.41. The van der Waals surface area contributed by atoms with E-state index in [4.69, 9.17) is 16.3 Å². The predicted octanol–water partition coefficient (Wildman–Crippen LogP) is 3.11. The summed E-state index contributed by atoms with van der Waals surface area (Å²) in [5.74, 6) is 2.02. The van der Waals surface area contributed by atoms with E-state index in [1.54, 1.807) is 12.4 Å². The van der Waals surface area contributed by atoms with Gasteiger partial charge in [-0.15, -0.1) is 11.6 Å². The van der Waals surface area contributed by atoms with Gasteiger partial charge in [-0.3, -0.25) is 4.98 Å². The lowest BCUT2D eigenvalue weighted by molar-refractivity contribution is 0.304. The first-order valence-electron chi connectivity index (χ1n) is 6.57. The fourth-order valence-electron chi connectivity index (χ4n) is 1.56. The molecule has 4 nitrogen and oxygen atoms in total. The second-order valence-corrected chi connectivity index (χ2v) is 4.47. The summed E-state index contributed by atoms with van der Waals surface area (Å²) in [5, 5.41) is 0. The lowest BCUT2D eigenvalue weighted by atomic mass is 10.3. The Morgan fingerprint density at radius 2 is 2.06 bits per heavy atom. The van der Waals surface area contributed by atoms with E-state index in [2.05, 4.69) is 28.7 Å². The number of alkyl halides is 1. The highest BCUT2D eigenvalue weighted by Gasteiger charge is 2.08. The lowest BCUT2D eigenvalue weighted by Crippen LogP contribution is -2.27. The van der Waals surface area contributed by atoms with Gasteiger partial charge in [0.15, 0.2) is 5.82 Å². The van der Waals surface area contributed by atoms with Crippen molar-refractivity contribution in [2.75, 3.05) is 30.5 Å². The molecule has 18 heavy (non-hydrogen) atoms. The molecule has 0 fully saturated rings. The van der Waals surface area contributed by atoms with Crippen molar-refractivity contribution in [1.29, 1.82) is 0 Å². The molecule has 0 saturated carbocycles. The third kappa shape index (κ3) is 5.08. The van der Waals surface area contributed by atoms with Crippen molar-refractivity contribution in [3.63, 3.8) is 0 Å². The minimum Gasteiger partial charge on any atom is -0.477 e. The molecule has 0 bridgehead atoms. The molecule has 1 aromatic rings. The molecule has 0 aliphatic heterocycles. The largest absolute Gasteiger partial charge is 0.477 e. The molecular weight excluding hydrogens is 250 g/mol. The summed E-state index contributed by atoms with van der Waals surface area (Å²) in [7, 11) is 0. The quantitative estimate of drug-likeness (QED) is 0.647. The monoisotopic (exact) mass is 271 g/mol. The Hall–Kier alpha value is -1.03. The van der Waals surface area contributed by atoms with E-state index >= 15 is 0 Å². The molecular formula is C13H22ClN3O. The molecule has 0 radical (unpaired) electrons. The zero-order chi connectivity index (χ0) is 13.2. The van der Waals surface area contributed by atoms with Gasteiger partial charge in [-0.25, -0.2) is 0 Å². The first-order valence-corrected chi connectivity index (χ1v) is 7.11. The van der Waals surface area contributed by atoms with Gasteiger partial charge < -0.3 is 9.64 Å². The summed E-state index contributed by atoms with van der Waals surface area (Å²) >= 11 is 5.83. The predicted molar refractivity (Wildman–Crippen MR) is 75.7 cm³/mol. The van der Waals surface area contributed by atoms with Crippen molar-refractivity contribution in [3.05, 3.63) is 12.4 Å². The molecule has 5 heteroatoms. The molecule has 0 amide bonds. The van der Waals surface area contributed by atoms with Crippen LogP contribution in [0.3, 0.4) is 0 Å². The second kappa shape index (κ2) is 8.97. The van der Waals surface area contributed by atoms with E-state index in [0.29, 0.717) is 18.4 Å². The van der Waals surface area contributed by atoms with Gasteiger partial charge in [0.1, 0.15) is 0 Å². The second-order valence-electron chi connectivity index (χ2n) is 4.09. The van der Waals surface area contributed by atoms with Crippen LogP contribution in [-0.4, -0.2) is 35.5 Å². The fraction of sp³-hybridized carbons (Fsp3) is 0.692. The molecule has 0 N–H and O–H groups in total. The van der Waals surface area contributed by atoms with Crippen molar-refractivity contribution in [1.82, 2.24) is 9.97 Å². The highest BCUT2D eigenvalue weighted by molar-refractivity contribution is 6.18. The number of nitrogens with zero attached hydrogens (tertiary/aromatic N) is 3. The Bertz CT molecular complexity index is 336. The van der Waals surface area contributed by atoms with Crippen molar-refractivity contribution in [3.8, 4) is 5.88 Å². The minimum atomic E-state index is 0.588. The van der Waals surface area contributed by atoms with Crippen LogP contribution in [0.1, 0.15) is 33.1 Å².